The van der Waals surface area contributed by atoms with Gasteiger partial charge in [-0.15, -0.1) is 0 Å². The van der Waals surface area contributed by atoms with E-state index in [1.807, 2.05) is 0 Å². The van der Waals surface area contributed by atoms with Gasteiger partial charge >= 0.3 is 17.9 Å². The molecule has 3 N–H and O–H groups in total. The Labute approximate surface area is 239 Å². The molecule has 0 saturated carbocycles. The third-order valence-electron chi connectivity index (χ3n) is 4.32. The normalized spacial score (nSPS) is 9.10. The van der Waals surface area contributed by atoms with Gasteiger partial charge in [0, 0.05) is 10.5 Å². The molecule has 0 heterocycles. The lowest BCUT2D eigenvalue weighted by Gasteiger charge is -2.04. The molecule has 0 fully saturated rings. The number of carbonyl (C=O) groups excluding carboxylic acids is 3. The van der Waals surface area contributed by atoms with Gasteiger partial charge < -0.3 is 34.3 Å². The average Bonchev–Trinajstić information content (AvgIpc) is 2.93. The van der Waals surface area contributed by atoms with E-state index in [-0.39, 0.29) is 58.9 Å². The van der Waals surface area contributed by atoms with Crippen LogP contribution in [-0.4, -0.2) is 59.8 Å². The summed E-state index contributed by atoms with van der Waals surface area (Å²) >= 11 is 3.09. The molecule has 0 bridgehead atoms. The number of aromatic carboxylic acids is 3. The molecule has 3 rings (SSSR count). The third-order valence-corrected chi connectivity index (χ3v) is 4.77. The number of carboxylic acids is 3. The minimum atomic E-state index is -1.18. The number of hydrogen-bond donors (Lipinski definition) is 3. The van der Waals surface area contributed by atoms with Crippen LogP contribution in [0.2, 0.25) is 0 Å². The Morgan fingerprint density at radius 3 is 1.46 bits per heavy atom. The van der Waals surface area contributed by atoms with Crippen LogP contribution in [0.4, 0.5) is 0 Å². The third kappa shape index (κ3) is 11.7. The summed E-state index contributed by atoms with van der Waals surface area (Å²) in [6.07, 6.45) is 0. The van der Waals surface area contributed by atoms with Gasteiger partial charge in [-0.25, -0.2) is 14.4 Å². The van der Waals surface area contributed by atoms with Crippen LogP contribution >= 0.6 is 15.9 Å². The van der Waals surface area contributed by atoms with Gasteiger partial charge in [-0.05, 0) is 48.5 Å². The van der Waals surface area contributed by atoms with Crippen LogP contribution in [-0.2, 0) is 14.4 Å². The van der Waals surface area contributed by atoms with Crippen LogP contribution in [0.25, 0.3) is 0 Å². The molecular weight excluding hydrogens is 614 g/mol. The standard InChI is InChI=1S/C9H5NO4.C9H8O5.C8H5BrO4/c10-4-6-1-7(9(12)13)3-8(2-6)14-5-11;1-13-7-2-6(9(11)12)3-8(4-7)14-5-10;9-6-1-5(8(11)12)2-7(3-6)13-4-10/h1-3,5H,(H,12,13);2-5H,1H3,(H,11,12);1-4H,(H,11,12). The van der Waals surface area contributed by atoms with Crippen molar-refractivity contribution in [3.8, 4) is 29.1 Å². The van der Waals surface area contributed by atoms with Crippen molar-refractivity contribution in [1.82, 2.24) is 0 Å². The van der Waals surface area contributed by atoms with Gasteiger partial charge in [-0.3, -0.25) is 14.4 Å². The molecule has 14 nitrogen and oxygen atoms in total. The maximum absolute atomic E-state index is 10.6. The van der Waals surface area contributed by atoms with E-state index >= 15 is 0 Å². The van der Waals surface area contributed by atoms with Gasteiger partial charge in [0.1, 0.15) is 23.0 Å². The lowest BCUT2D eigenvalue weighted by molar-refractivity contribution is -0.121. The fourth-order valence-electron chi connectivity index (χ4n) is 2.66. The smallest absolute Gasteiger partial charge is 0.335 e. The maximum Gasteiger partial charge on any atom is 0.335 e. The van der Waals surface area contributed by atoms with E-state index in [4.69, 9.17) is 25.3 Å². The number of rotatable bonds is 10. The van der Waals surface area contributed by atoms with Gasteiger partial charge in [-0.1, -0.05) is 15.9 Å². The summed E-state index contributed by atoms with van der Waals surface area (Å²) in [7, 11) is 1.39. The van der Waals surface area contributed by atoms with Crippen molar-refractivity contribution in [3.63, 3.8) is 0 Å². The average molecular weight is 632 g/mol. The van der Waals surface area contributed by atoms with Crippen molar-refractivity contribution in [2.45, 2.75) is 0 Å². The lowest BCUT2D eigenvalue weighted by Crippen LogP contribution is -1.99. The Balaban J connectivity index is 0.000000308. The van der Waals surface area contributed by atoms with Crippen LogP contribution in [0, 0.1) is 11.3 Å². The Kier molecular flexibility index (Phi) is 13.8. The topological polar surface area (TPSA) is 224 Å². The molecule has 0 aliphatic rings. The van der Waals surface area contributed by atoms with Gasteiger partial charge in [0.2, 0.25) is 0 Å². The van der Waals surface area contributed by atoms with Crippen LogP contribution in [0.1, 0.15) is 36.6 Å². The highest BCUT2D eigenvalue weighted by atomic mass is 79.9. The molecule has 0 spiro atoms. The fourth-order valence-corrected chi connectivity index (χ4v) is 3.13. The molecule has 0 aliphatic heterocycles. The summed E-state index contributed by atoms with van der Waals surface area (Å²) < 4.78 is 18.8. The largest absolute Gasteiger partial charge is 0.497 e. The highest BCUT2D eigenvalue weighted by molar-refractivity contribution is 9.10. The molecule has 0 saturated heterocycles. The molecule has 0 aliphatic carbocycles. The molecule has 0 radical (unpaired) electrons. The number of carboxylic acid groups (broad SMARTS) is 3. The molecule has 15 heteroatoms. The van der Waals surface area contributed by atoms with Crippen molar-refractivity contribution in [2.75, 3.05) is 7.11 Å². The first-order valence-corrected chi connectivity index (χ1v) is 11.3. The van der Waals surface area contributed by atoms with E-state index in [1.54, 1.807) is 6.07 Å². The quantitative estimate of drug-likeness (QED) is 0.273. The van der Waals surface area contributed by atoms with Crippen LogP contribution in [0.5, 0.6) is 23.0 Å². The summed E-state index contributed by atoms with van der Waals surface area (Å²) in [6.45, 7) is 0.635. The first-order valence-electron chi connectivity index (χ1n) is 10.5. The molecule has 0 unspecified atom stereocenters. The summed E-state index contributed by atoms with van der Waals surface area (Å²) in [4.78, 5) is 61.8. The molecular formula is C26H18BrNO13. The van der Waals surface area contributed by atoms with E-state index in [1.165, 1.54) is 55.6 Å². The molecule has 0 amide bonds. The number of ether oxygens (including phenoxy) is 4. The molecule has 41 heavy (non-hydrogen) atoms. The van der Waals surface area contributed by atoms with Crippen molar-refractivity contribution in [3.05, 3.63) is 81.3 Å². The fraction of sp³-hybridized carbons (Fsp3) is 0.0385. The summed E-state index contributed by atoms with van der Waals surface area (Å²) in [5.74, 6) is -2.67. The van der Waals surface area contributed by atoms with Crippen molar-refractivity contribution >= 4 is 53.3 Å². The van der Waals surface area contributed by atoms with Crippen LogP contribution in [0.15, 0.2) is 59.1 Å². The molecule has 3 aromatic rings. The summed E-state index contributed by atoms with van der Waals surface area (Å²) in [5.41, 5.74) is 0.0927. The molecule has 212 valence electrons. The number of methoxy groups -OCH3 is 1. The number of benzene rings is 3. The number of nitrogens with zero attached hydrogens (tertiary/aromatic N) is 1. The van der Waals surface area contributed by atoms with E-state index < -0.39 is 17.9 Å². The number of halogens is 1. The molecule has 0 aromatic heterocycles. The minimum Gasteiger partial charge on any atom is -0.497 e. The Morgan fingerprint density at radius 2 is 1.05 bits per heavy atom. The Hall–Kier alpha value is -5.75. The second-order valence-electron chi connectivity index (χ2n) is 6.99. The minimum absolute atomic E-state index is 0.00111. The van der Waals surface area contributed by atoms with E-state index in [2.05, 4.69) is 30.1 Å². The predicted octanol–water partition coefficient (Wildman–Crippen LogP) is 3.40. The van der Waals surface area contributed by atoms with Crippen molar-refractivity contribution < 1.29 is 63.0 Å². The molecule has 3 aromatic carbocycles. The lowest BCUT2D eigenvalue weighted by atomic mass is 10.1. The van der Waals surface area contributed by atoms with E-state index in [0.29, 0.717) is 10.2 Å². The number of carbonyl (C=O) groups is 6. The Morgan fingerprint density at radius 1 is 0.659 bits per heavy atom. The zero-order chi connectivity index (χ0) is 30.9. The zero-order valence-electron chi connectivity index (χ0n) is 20.7. The van der Waals surface area contributed by atoms with Crippen LogP contribution in [0.3, 0.4) is 0 Å². The van der Waals surface area contributed by atoms with Gasteiger partial charge in [0.25, 0.3) is 19.4 Å². The van der Waals surface area contributed by atoms with E-state index in [9.17, 15) is 28.8 Å². The van der Waals surface area contributed by atoms with E-state index in [0.717, 1.165) is 6.07 Å². The van der Waals surface area contributed by atoms with Gasteiger partial charge in [-0.2, -0.15) is 5.26 Å². The first kappa shape index (κ1) is 33.3. The summed E-state index contributed by atoms with van der Waals surface area (Å²) in [6, 6.07) is 13.6. The maximum atomic E-state index is 10.6. The number of nitriles is 1. The second-order valence-corrected chi connectivity index (χ2v) is 7.90. The van der Waals surface area contributed by atoms with Crippen molar-refractivity contribution in [1.29, 1.82) is 5.26 Å². The predicted molar refractivity (Wildman–Crippen MR) is 139 cm³/mol. The molecule has 0 atom stereocenters. The zero-order valence-corrected chi connectivity index (χ0v) is 22.3. The van der Waals surface area contributed by atoms with Gasteiger partial charge in [0.15, 0.2) is 0 Å². The highest BCUT2D eigenvalue weighted by Gasteiger charge is 2.09. The summed E-state index contributed by atoms with van der Waals surface area (Å²) in [5, 5.41) is 34.5. The number of hydrogen-bond acceptors (Lipinski definition) is 11. The van der Waals surface area contributed by atoms with Crippen molar-refractivity contribution in [2.24, 2.45) is 0 Å². The second kappa shape index (κ2) is 17.0. The Bertz CT molecular complexity index is 1480. The SMILES string of the molecule is COc1cc(OC=O)cc(C(=O)O)c1.N#Cc1cc(OC=O)cc(C(=O)O)c1.O=COc1cc(Br)cc(C(=O)O)c1. The van der Waals surface area contributed by atoms with Gasteiger partial charge in [0.05, 0.1) is 35.4 Å². The monoisotopic (exact) mass is 631 g/mol. The van der Waals surface area contributed by atoms with Crippen LogP contribution < -0.4 is 18.9 Å². The highest BCUT2D eigenvalue weighted by Crippen LogP contribution is 2.23. The first-order chi connectivity index (χ1) is 19.5.